The Balaban J connectivity index is 0. The van der Waals surface area contributed by atoms with Crippen LogP contribution in [0, 0.1) is 12.3 Å². The summed E-state index contributed by atoms with van der Waals surface area (Å²) in [5.74, 6) is -0.606. The van der Waals surface area contributed by atoms with Gasteiger partial charge in [-0.25, -0.2) is 4.79 Å². The van der Waals surface area contributed by atoms with Gasteiger partial charge in [-0.2, -0.15) is 0 Å². The van der Waals surface area contributed by atoms with Crippen molar-refractivity contribution in [2.75, 3.05) is 0 Å². The average Bonchev–Trinajstić information content (AvgIpc) is 1.65. The molecule has 0 aromatic rings. The Morgan fingerprint density at radius 3 is 1.56 bits per heavy atom. The van der Waals surface area contributed by atoms with Crippen LogP contribution in [-0.4, -0.2) is 22.2 Å². The molecule has 0 aromatic carbocycles. The van der Waals surface area contributed by atoms with E-state index in [2.05, 4.69) is 6.42 Å². The third kappa shape index (κ3) is 526. The summed E-state index contributed by atoms with van der Waals surface area (Å²) in [6.45, 7) is 1.08. The molecule has 0 saturated heterocycles. The lowest BCUT2D eigenvalue weighted by molar-refractivity contribution is -0.134. The highest BCUT2D eigenvalue weighted by atomic mass is 16.4. The Kier molecular flexibility index (Phi) is 7.57. The maximum absolute atomic E-state index is 9.13. The lowest BCUT2D eigenvalue weighted by atomic mass is 10.7. The predicted molar refractivity (Wildman–Crippen MR) is 29.8 cm³/mol. The topological polar surface area (TPSA) is 74.6 Å². The molecule has 0 aliphatic carbocycles. The zero-order valence-electron chi connectivity index (χ0n) is 4.79. The van der Waals surface area contributed by atoms with Crippen LogP contribution in [0.1, 0.15) is 6.92 Å². The number of carbonyl (C=O) groups is 2. The largest absolute Gasteiger partial charge is 0.481 e. The highest BCUT2D eigenvalue weighted by Crippen LogP contribution is 1.44. The smallest absolute Gasteiger partial charge is 0.381 e. The van der Waals surface area contributed by atoms with Crippen LogP contribution >= 0.6 is 0 Å². The van der Waals surface area contributed by atoms with Gasteiger partial charge in [0.15, 0.2) is 0 Å². The molecule has 0 rings (SSSR count). The fourth-order valence-electron chi connectivity index (χ4n) is 0. The van der Waals surface area contributed by atoms with Gasteiger partial charge in [0, 0.05) is 12.8 Å². The highest BCUT2D eigenvalue weighted by Gasteiger charge is 1.74. The molecule has 0 aromatic heterocycles. The van der Waals surface area contributed by atoms with Gasteiger partial charge in [0.1, 0.15) is 0 Å². The Labute approximate surface area is 52.1 Å². The minimum Gasteiger partial charge on any atom is -0.481 e. The number of hydrogen-bond acceptors (Lipinski definition) is 2. The molecule has 2 N–H and O–H groups in total. The molecular formula is C5H6O4. The van der Waals surface area contributed by atoms with E-state index in [1.54, 1.807) is 0 Å². The van der Waals surface area contributed by atoms with Gasteiger partial charge >= 0.3 is 5.97 Å². The van der Waals surface area contributed by atoms with Gasteiger partial charge in [-0.3, -0.25) is 4.79 Å². The molecule has 0 radical (unpaired) electrons. The number of carboxylic acid groups (broad SMARTS) is 2. The van der Waals surface area contributed by atoms with Gasteiger partial charge in [-0.05, 0) is 0 Å². The summed E-state index contributed by atoms with van der Waals surface area (Å²) in [5, 5.41) is 14.9. The quantitative estimate of drug-likeness (QED) is 0.445. The Bertz CT molecular complexity index is 138. The highest BCUT2D eigenvalue weighted by molar-refractivity contribution is 5.85. The number of carboxylic acids is 2. The summed E-state index contributed by atoms with van der Waals surface area (Å²) in [7, 11) is 0. The van der Waals surface area contributed by atoms with Crippen molar-refractivity contribution in [1.82, 2.24) is 0 Å². The zero-order chi connectivity index (χ0) is 7.86. The minimum atomic E-state index is -1.22. The maximum Gasteiger partial charge on any atom is 0.381 e. The number of hydrogen-bond donors (Lipinski definition) is 2. The van der Waals surface area contributed by atoms with Crippen LogP contribution in [0.15, 0.2) is 0 Å². The normalized spacial score (nSPS) is 5.78. The van der Waals surface area contributed by atoms with E-state index in [1.165, 1.54) is 5.92 Å². The molecule has 0 atom stereocenters. The number of terminal acetylenes is 1. The van der Waals surface area contributed by atoms with Gasteiger partial charge in [0.25, 0.3) is 5.97 Å². The molecule has 4 nitrogen and oxygen atoms in total. The molecule has 0 unspecified atom stereocenters. The van der Waals surface area contributed by atoms with Crippen LogP contribution in [0.3, 0.4) is 0 Å². The third-order valence-corrected chi connectivity index (χ3v) is 0.123. The van der Waals surface area contributed by atoms with Crippen LogP contribution < -0.4 is 0 Å². The molecule has 0 spiro atoms. The first kappa shape index (κ1) is 10.5. The van der Waals surface area contributed by atoms with Gasteiger partial charge in [0.05, 0.1) is 0 Å². The standard InChI is InChI=1S/C3H2O2.C2H4O2/c1-2-3(4)5;1-2(3)4/h1H,(H,4,5);1H3,(H,3,4). The monoisotopic (exact) mass is 130 g/mol. The molecule has 0 aliphatic heterocycles. The van der Waals surface area contributed by atoms with Crippen LogP contribution in [0.5, 0.6) is 0 Å². The van der Waals surface area contributed by atoms with Crippen LogP contribution in [0.2, 0.25) is 0 Å². The second-order valence-corrected chi connectivity index (χ2v) is 0.969. The number of aliphatic carboxylic acids is 2. The molecule has 0 fully saturated rings. The second-order valence-electron chi connectivity index (χ2n) is 0.969. The van der Waals surface area contributed by atoms with Crippen molar-refractivity contribution in [1.29, 1.82) is 0 Å². The second kappa shape index (κ2) is 6.50. The summed E-state index contributed by atoms with van der Waals surface area (Å²) in [4.78, 5) is 18.1. The molecular weight excluding hydrogens is 124 g/mol. The summed E-state index contributed by atoms with van der Waals surface area (Å²) < 4.78 is 0. The van der Waals surface area contributed by atoms with E-state index in [0.29, 0.717) is 0 Å². The van der Waals surface area contributed by atoms with E-state index in [1.807, 2.05) is 0 Å². The van der Waals surface area contributed by atoms with Gasteiger partial charge in [-0.15, -0.1) is 6.42 Å². The molecule has 0 amide bonds. The van der Waals surface area contributed by atoms with Crippen LogP contribution in [-0.2, 0) is 9.59 Å². The van der Waals surface area contributed by atoms with Gasteiger partial charge < -0.3 is 10.2 Å². The SMILES string of the molecule is C#CC(=O)O.CC(=O)O. The van der Waals surface area contributed by atoms with Crippen molar-refractivity contribution in [3.8, 4) is 12.3 Å². The zero-order valence-corrected chi connectivity index (χ0v) is 4.79. The van der Waals surface area contributed by atoms with E-state index in [4.69, 9.17) is 19.8 Å². The van der Waals surface area contributed by atoms with E-state index in [0.717, 1.165) is 6.92 Å². The first-order chi connectivity index (χ1) is 4.00. The predicted octanol–water partition coefficient (Wildman–Crippen LogP) is -0.205. The van der Waals surface area contributed by atoms with Crippen molar-refractivity contribution in [2.45, 2.75) is 6.92 Å². The van der Waals surface area contributed by atoms with E-state index < -0.39 is 11.9 Å². The van der Waals surface area contributed by atoms with E-state index in [9.17, 15) is 0 Å². The third-order valence-electron chi connectivity index (χ3n) is 0.123. The van der Waals surface area contributed by atoms with Crippen molar-refractivity contribution in [3.63, 3.8) is 0 Å². The Morgan fingerprint density at radius 2 is 1.56 bits per heavy atom. The molecule has 0 heterocycles. The van der Waals surface area contributed by atoms with Crippen LogP contribution in [0.25, 0.3) is 0 Å². The molecule has 0 saturated carbocycles. The van der Waals surface area contributed by atoms with Crippen molar-refractivity contribution in [3.05, 3.63) is 0 Å². The first-order valence-electron chi connectivity index (χ1n) is 1.89. The van der Waals surface area contributed by atoms with Crippen LogP contribution in [0.4, 0.5) is 0 Å². The Hall–Kier alpha value is -1.50. The van der Waals surface area contributed by atoms with E-state index in [-0.39, 0.29) is 0 Å². The van der Waals surface area contributed by atoms with Crippen molar-refractivity contribution < 1.29 is 19.8 Å². The fraction of sp³-hybridized carbons (Fsp3) is 0.200. The molecule has 0 aliphatic rings. The molecule has 4 heteroatoms. The lowest BCUT2D eigenvalue weighted by Gasteiger charge is -1.60. The molecule has 9 heavy (non-hydrogen) atoms. The maximum atomic E-state index is 9.13. The van der Waals surface area contributed by atoms with E-state index >= 15 is 0 Å². The van der Waals surface area contributed by atoms with Crippen molar-refractivity contribution >= 4 is 11.9 Å². The Morgan fingerprint density at radius 1 is 1.44 bits per heavy atom. The molecule has 50 valence electrons. The number of rotatable bonds is 0. The average molecular weight is 130 g/mol. The lowest BCUT2D eigenvalue weighted by Crippen LogP contribution is -1.83. The van der Waals surface area contributed by atoms with Gasteiger partial charge in [0.2, 0.25) is 0 Å². The minimum absolute atomic E-state index is 0.833. The first-order valence-corrected chi connectivity index (χ1v) is 1.89. The van der Waals surface area contributed by atoms with Gasteiger partial charge in [-0.1, -0.05) is 0 Å². The van der Waals surface area contributed by atoms with Crippen molar-refractivity contribution in [2.24, 2.45) is 0 Å². The summed E-state index contributed by atoms with van der Waals surface area (Å²) >= 11 is 0. The summed E-state index contributed by atoms with van der Waals surface area (Å²) in [6, 6.07) is 0. The fourth-order valence-corrected chi connectivity index (χ4v) is 0. The molecule has 0 bridgehead atoms. The summed E-state index contributed by atoms with van der Waals surface area (Å²) in [5.41, 5.74) is 0. The summed E-state index contributed by atoms with van der Waals surface area (Å²) in [6.07, 6.45) is 4.32.